The maximum Gasteiger partial charge on any atom is 0.239 e. The fourth-order valence-corrected chi connectivity index (χ4v) is 5.30. The van der Waals surface area contributed by atoms with Crippen LogP contribution in [0.5, 0.6) is 0 Å². The lowest BCUT2D eigenvalue weighted by atomic mass is 10.0. The molecule has 9 heteroatoms. The van der Waals surface area contributed by atoms with Crippen LogP contribution < -0.4 is 15.5 Å². The van der Waals surface area contributed by atoms with Crippen molar-refractivity contribution < 1.29 is 4.79 Å². The first-order valence-corrected chi connectivity index (χ1v) is 13.4. The Hall–Kier alpha value is -2.65. The summed E-state index contributed by atoms with van der Waals surface area (Å²) in [6.07, 6.45) is 3.82. The molecule has 0 aliphatic carbocycles. The monoisotopic (exact) mass is 497 g/mol. The fourth-order valence-electron chi connectivity index (χ4n) is 4.44. The highest BCUT2D eigenvalue weighted by atomic mass is 32.1. The summed E-state index contributed by atoms with van der Waals surface area (Å²) in [4.78, 5) is 22.7. The van der Waals surface area contributed by atoms with Gasteiger partial charge in [0.2, 0.25) is 16.0 Å². The quantitative estimate of drug-likeness (QED) is 0.480. The first kappa shape index (κ1) is 25.4. The molecule has 35 heavy (non-hydrogen) atoms. The first-order valence-electron chi connectivity index (χ1n) is 12.6. The van der Waals surface area contributed by atoms with Crippen molar-refractivity contribution in [3.63, 3.8) is 0 Å². The van der Waals surface area contributed by atoms with E-state index in [1.165, 1.54) is 36.2 Å². The number of fused-ring (bicyclic) bond motifs is 1. The van der Waals surface area contributed by atoms with Gasteiger partial charge in [-0.15, -0.1) is 5.10 Å². The fraction of sp³-hybridized carbons (Fsp3) is 0.577. The molecule has 1 aliphatic rings. The molecule has 1 aromatic carbocycles. The zero-order valence-electron chi connectivity index (χ0n) is 21.9. The number of aromatic nitrogens is 3. The summed E-state index contributed by atoms with van der Waals surface area (Å²) in [6, 6.07) is 8.99. The first-order chi connectivity index (χ1) is 16.6. The van der Waals surface area contributed by atoms with Crippen LogP contribution in [0, 0.1) is 6.92 Å². The number of nitrogens with one attached hydrogen (secondary N) is 2. The van der Waals surface area contributed by atoms with Gasteiger partial charge in [-0.2, -0.15) is 4.52 Å². The smallest absolute Gasteiger partial charge is 0.239 e. The number of nitrogens with zero attached hydrogens (tertiary/aromatic N) is 5. The van der Waals surface area contributed by atoms with Crippen LogP contribution in [0.15, 0.2) is 24.3 Å². The van der Waals surface area contributed by atoms with Crippen LogP contribution in [0.2, 0.25) is 0 Å². The van der Waals surface area contributed by atoms with Crippen LogP contribution in [0.25, 0.3) is 16.2 Å². The van der Waals surface area contributed by atoms with E-state index in [2.05, 4.69) is 74.4 Å². The minimum atomic E-state index is -0.156. The number of piperidine rings is 1. The number of anilines is 2. The lowest BCUT2D eigenvalue weighted by molar-refractivity contribution is -0.119. The number of imidazole rings is 1. The maximum absolute atomic E-state index is 12.6. The Balaban J connectivity index is 1.45. The molecular formula is C26H39N7OS. The van der Waals surface area contributed by atoms with Crippen molar-refractivity contribution in [1.82, 2.24) is 24.8 Å². The van der Waals surface area contributed by atoms with Crippen molar-refractivity contribution in [2.45, 2.75) is 65.5 Å². The summed E-state index contributed by atoms with van der Waals surface area (Å²) in [7, 11) is 1.91. The third kappa shape index (κ3) is 6.32. The van der Waals surface area contributed by atoms with E-state index in [-0.39, 0.29) is 18.0 Å². The van der Waals surface area contributed by atoms with Crippen molar-refractivity contribution in [3.05, 3.63) is 29.8 Å². The summed E-state index contributed by atoms with van der Waals surface area (Å²) in [6.45, 7) is 13.7. The Morgan fingerprint density at radius 2 is 1.97 bits per heavy atom. The number of hydrogen-bond donors (Lipinski definition) is 2. The Bertz CT molecular complexity index is 1150. The molecule has 4 rings (SSSR count). The van der Waals surface area contributed by atoms with Crippen LogP contribution in [-0.2, 0) is 4.79 Å². The Labute approximate surface area is 212 Å². The van der Waals surface area contributed by atoms with E-state index in [9.17, 15) is 4.79 Å². The number of likely N-dealkylation sites (N-methyl/N-ethyl adjacent to an activating group) is 1. The highest BCUT2D eigenvalue weighted by Crippen LogP contribution is 2.34. The molecule has 3 heterocycles. The van der Waals surface area contributed by atoms with Crippen LogP contribution in [0.1, 0.15) is 52.5 Å². The average Bonchev–Trinajstić information content (AvgIpc) is 3.34. The zero-order valence-corrected chi connectivity index (χ0v) is 22.7. The Morgan fingerprint density at radius 1 is 1.23 bits per heavy atom. The van der Waals surface area contributed by atoms with Crippen molar-refractivity contribution in [1.29, 1.82) is 0 Å². The lowest BCUT2D eigenvalue weighted by Crippen LogP contribution is -2.44. The van der Waals surface area contributed by atoms with Crippen LogP contribution in [0.3, 0.4) is 0 Å². The SMILES string of the molecule is Cc1ccc(-c2nc3sc(N(C)CC(=O)NCCN4CCCC[C@@H]4C)nn3c2NC(C)(C)C)cc1. The molecule has 0 saturated carbocycles. The lowest BCUT2D eigenvalue weighted by Gasteiger charge is -2.33. The Morgan fingerprint density at radius 3 is 2.66 bits per heavy atom. The standard InChI is InChI=1S/C26H39N7OS/c1-18-10-12-20(13-11-18)22-23(29-26(3,4)5)33-24(28-22)35-25(30-33)31(6)17-21(34)27-14-16-32-15-8-7-9-19(32)2/h10-13,19,29H,7-9,14-17H2,1-6H3,(H,27,34)/t19-/m0/s1. The van der Waals surface area contributed by atoms with Gasteiger partial charge in [-0.3, -0.25) is 9.69 Å². The zero-order chi connectivity index (χ0) is 25.2. The molecule has 2 aromatic heterocycles. The number of carbonyl (C=O) groups is 1. The van der Waals surface area contributed by atoms with Crippen LogP contribution >= 0.6 is 11.3 Å². The highest BCUT2D eigenvalue weighted by Gasteiger charge is 2.23. The van der Waals surface area contributed by atoms with E-state index >= 15 is 0 Å². The second kappa shape index (κ2) is 10.5. The van der Waals surface area contributed by atoms with Gasteiger partial charge in [0.15, 0.2) is 5.82 Å². The number of aryl methyl sites for hydroxylation is 1. The van der Waals surface area contributed by atoms with Crippen LogP contribution in [-0.4, -0.2) is 70.2 Å². The number of benzene rings is 1. The topological polar surface area (TPSA) is 77.8 Å². The number of carbonyl (C=O) groups excluding carboxylic acids is 1. The summed E-state index contributed by atoms with van der Waals surface area (Å²) < 4.78 is 1.87. The van der Waals surface area contributed by atoms with E-state index in [1.807, 2.05) is 16.5 Å². The summed E-state index contributed by atoms with van der Waals surface area (Å²) in [5.74, 6) is 0.880. The van der Waals surface area contributed by atoms with Gasteiger partial charge in [0.05, 0.1) is 6.54 Å². The van der Waals surface area contributed by atoms with E-state index in [0.717, 1.165) is 40.3 Å². The largest absolute Gasteiger partial charge is 0.364 e. The predicted molar refractivity (Wildman–Crippen MR) is 146 cm³/mol. The number of rotatable bonds is 8. The Kier molecular flexibility index (Phi) is 7.66. The number of amides is 1. The van der Waals surface area contributed by atoms with Crippen LogP contribution in [0.4, 0.5) is 10.9 Å². The van der Waals surface area contributed by atoms with E-state index < -0.39 is 0 Å². The molecule has 3 aromatic rings. The molecule has 0 radical (unpaired) electrons. The third-order valence-electron chi connectivity index (χ3n) is 6.38. The second-order valence-electron chi connectivity index (χ2n) is 10.7. The molecule has 1 aliphatic heterocycles. The molecule has 190 valence electrons. The minimum absolute atomic E-state index is 0.0124. The van der Waals surface area contributed by atoms with E-state index in [4.69, 9.17) is 10.1 Å². The summed E-state index contributed by atoms with van der Waals surface area (Å²) in [5.41, 5.74) is 3.00. The second-order valence-corrected chi connectivity index (χ2v) is 11.7. The molecule has 0 unspecified atom stereocenters. The van der Waals surface area contributed by atoms with Gasteiger partial charge in [0.25, 0.3) is 0 Å². The molecule has 2 N–H and O–H groups in total. The van der Waals surface area contributed by atoms with Gasteiger partial charge in [-0.25, -0.2) is 4.98 Å². The normalized spacial score (nSPS) is 17.0. The number of likely N-dealkylation sites (tertiary alicyclic amines) is 1. The van der Waals surface area contributed by atoms with Gasteiger partial charge < -0.3 is 15.5 Å². The van der Waals surface area contributed by atoms with E-state index in [0.29, 0.717) is 12.6 Å². The molecule has 0 spiro atoms. The predicted octanol–water partition coefficient (Wildman–Crippen LogP) is 4.40. The molecule has 1 fully saturated rings. The molecule has 0 bridgehead atoms. The molecule has 8 nitrogen and oxygen atoms in total. The van der Waals surface area contributed by atoms with Gasteiger partial charge in [-0.05, 0) is 54.0 Å². The average molecular weight is 498 g/mol. The van der Waals surface area contributed by atoms with Crippen molar-refractivity contribution in [2.75, 3.05) is 43.4 Å². The number of hydrogen-bond acceptors (Lipinski definition) is 7. The van der Waals surface area contributed by atoms with Gasteiger partial charge in [0, 0.05) is 37.3 Å². The summed E-state index contributed by atoms with van der Waals surface area (Å²) in [5, 5.41) is 12.2. The van der Waals surface area contributed by atoms with Crippen molar-refractivity contribution in [2.24, 2.45) is 0 Å². The molecule has 1 atom stereocenters. The van der Waals surface area contributed by atoms with Gasteiger partial charge in [0.1, 0.15) is 5.69 Å². The molecule has 1 amide bonds. The molecule has 1 saturated heterocycles. The highest BCUT2D eigenvalue weighted by molar-refractivity contribution is 7.20. The molecular weight excluding hydrogens is 458 g/mol. The van der Waals surface area contributed by atoms with E-state index in [1.54, 1.807) is 0 Å². The van der Waals surface area contributed by atoms with Gasteiger partial charge in [-0.1, -0.05) is 47.6 Å². The van der Waals surface area contributed by atoms with Crippen molar-refractivity contribution in [3.8, 4) is 11.3 Å². The van der Waals surface area contributed by atoms with Crippen molar-refractivity contribution >= 4 is 33.2 Å². The maximum atomic E-state index is 12.6. The summed E-state index contributed by atoms with van der Waals surface area (Å²) >= 11 is 1.49. The van der Waals surface area contributed by atoms with Gasteiger partial charge >= 0.3 is 0 Å². The minimum Gasteiger partial charge on any atom is -0.364 e. The third-order valence-corrected chi connectivity index (χ3v) is 7.40.